The lowest BCUT2D eigenvalue weighted by Gasteiger charge is -2.14. The number of nitrogens with zero attached hydrogens (tertiary/aromatic N) is 2. The summed E-state index contributed by atoms with van der Waals surface area (Å²) in [6.07, 6.45) is 2.49. The van der Waals surface area contributed by atoms with Gasteiger partial charge in [0, 0.05) is 12.6 Å². The first-order valence-electron chi connectivity index (χ1n) is 5.06. The van der Waals surface area contributed by atoms with E-state index in [0.717, 1.165) is 12.2 Å². The molecule has 1 N–H and O–H groups in total. The lowest BCUT2D eigenvalue weighted by Crippen LogP contribution is -2.21. The van der Waals surface area contributed by atoms with E-state index in [4.69, 9.17) is 5.11 Å². The van der Waals surface area contributed by atoms with Crippen LogP contribution >= 0.6 is 0 Å². The van der Waals surface area contributed by atoms with E-state index in [1.807, 2.05) is 13.1 Å². The van der Waals surface area contributed by atoms with Crippen LogP contribution < -0.4 is 0 Å². The molecule has 1 aliphatic rings. The molecule has 1 aromatic rings. The number of hydrogen-bond donors (Lipinski definition) is 1. The molecule has 1 aromatic heterocycles. The molecular formula is C11H14N2O2. The van der Waals surface area contributed by atoms with Gasteiger partial charge < -0.3 is 5.11 Å². The van der Waals surface area contributed by atoms with Crippen LogP contribution in [0.15, 0.2) is 18.2 Å². The Labute approximate surface area is 88.6 Å². The maximum absolute atomic E-state index is 10.7. The highest BCUT2D eigenvalue weighted by Gasteiger charge is 2.26. The first kappa shape index (κ1) is 10.1. The molecule has 0 amide bonds. The molecule has 1 aliphatic carbocycles. The van der Waals surface area contributed by atoms with Gasteiger partial charge in [0.1, 0.15) is 5.69 Å². The highest BCUT2D eigenvalue weighted by atomic mass is 16.4. The topological polar surface area (TPSA) is 53.4 Å². The average Bonchev–Trinajstić information content (AvgIpc) is 3.01. The zero-order valence-electron chi connectivity index (χ0n) is 8.68. The highest BCUT2D eigenvalue weighted by Crippen LogP contribution is 2.26. The van der Waals surface area contributed by atoms with Gasteiger partial charge in [-0.15, -0.1) is 0 Å². The molecule has 0 bridgehead atoms. The van der Waals surface area contributed by atoms with Gasteiger partial charge in [-0.3, -0.25) is 4.90 Å². The first-order chi connectivity index (χ1) is 7.16. The third kappa shape index (κ3) is 2.53. The van der Waals surface area contributed by atoms with Crippen LogP contribution in [-0.4, -0.2) is 34.0 Å². The third-order valence-electron chi connectivity index (χ3n) is 2.61. The van der Waals surface area contributed by atoms with E-state index in [1.54, 1.807) is 6.07 Å². The van der Waals surface area contributed by atoms with E-state index in [9.17, 15) is 4.79 Å². The minimum Gasteiger partial charge on any atom is -0.477 e. The van der Waals surface area contributed by atoms with E-state index in [0.29, 0.717) is 6.04 Å². The Morgan fingerprint density at radius 2 is 2.33 bits per heavy atom. The molecule has 1 heterocycles. The number of aromatic carboxylic acids is 1. The molecule has 1 saturated carbocycles. The fourth-order valence-electron chi connectivity index (χ4n) is 1.59. The molecule has 15 heavy (non-hydrogen) atoms. The van der Waals surface area contributed by atoms with E-state index in [-0.39, 0.29) is 5.69 Å². The lowest BCUT2D eigenvalue weighted by molar-refractivity contribution is 0.0690. The molecule has 0 unspecified atom stereocenters. The van der Waals surface area contributed by atoms with Crippen molar-refractivity contribution in [3.8, 4) is 0 Å². The van der Waals surface area contributed by atoms with Crippen LogP contribution in [0.3, 0.4) is 0 Å². The summed E-state index contributed by atoms with van der Waals surface area (Å²) in [5.41, 5.74) is 0.945. The second kappa shape index (κ2) is 3.98. The van der Waals surface area contributed by atoms with Crippen LogP contribution in [0.4, 0.5) is 0 Å². The quantitative estimate of drug-likeness (QED) is 0.808. The number of carboxylic acid groups (broad SMARTS) is 1. The Morgan fingerprint density at radius 1 is 1.60 bits per heavy atom. The molecule has 0 atom stereocenters. The van der Waals surface area contributed by atoms with Crippen molar-refractivity contribution in [1.29, 1.82) is 0 Å². The molecule has 4 heteroatoms. The molecule has 0 saturated heterocycles. The molecule has 1 fully saturated rings. The summed E-state index contributed by atoms with van der Waals surface area (Å²) in [6, 6.07) is 5.79. The zero-order chi connectivity index (χ0) is 10.8. The Kier molecular flexibility index (Phi) is 2.68. The van der Waals surface area contributed by atoms with Crippen molar-refractivity contribution in [3.05, 3.63) is 29.6 Å². The highest BCUT2D eigenvalue weighted by molar-refractivity contribution is 5.85. The van der Waals surface area contributed by atoms with E-state index < -0.39 is 5.97 Å². The summed E-state index contributed by atoms with van der Waals surface area (Å²) in [7, 11) is 2.05. The van der Waals surface area contributed by atoms with Gasteiger partial charge in [0.15, 0.2) is 0 Å². The number of carboxylic acids is 1. The fourth-order valence-corrected chi connectivity index (χ4v) is 1.59. The minimum absolute atomic E-state index is 0.122. The Bertz CT molecular complexity index is 375. The van der Waals surface area contributed by atoms with Crippen molar-refractivity contribution in [2.45, 2.75) is 25.4 Å². The monoisotopic (exact) mass is 206 g/mol. The van der Waals surface area contributed by atoms with Gasteiger partial charge in [-0.1, -0.05) is 6.07 Å². The number of aromatic nitrogens is 1. The van der Waals surface area contributed by atoms with Gasteiger partial charge >= 0.3 is 5.97 Å². The van der Waals surface area contributed by atoms with Crippen molar-refractivity contribution in [2.75, 3.05) is 7.05 Å². The maximum atomic E-state index is 10.7. The molecule has 80 valence electrons. The molecule has 0 spiro atoms. The Hall–Kier alpha value is -1.42. The van der Waals surface area contributed by atoms with Crippen LogP contribution in [0, 0.1) is 0 Å². The van der Waals surface area contributed by atoms with Gasteiger partial charge in [0.05, 0.1) is 5.69 Å². The zero-order valence-corrected chi connectivity index (χ0v) is 8.68. The van der Waals surface area contributed by atoms with E-state index >= 15 is 0 Å². The molecular weight excluding hydrogens is 192 g/mol. The van der Waals surface area contributed by atoms with Crippen LogP contribution in [0.5, 0.6) is 0 Å². The SMILES string of the molecule is CN(Cc1cccc(C(=O)O)n1)C1CC1. The van der Waals surface area contributed by atoms with E-state index in [2.05, 4.69) is 9.88 Å². The van der Waals surface area contributed by atoms with Crippen LogP contribution in [0.2, 0.25) is 0 Å². The second-order valence-electron chi connectivity index (χ2n) is 3.97. The predicted molar refractivity (Wildman–Crippen MR) is 55.7 cm³/mol. The normalized spacial score (nSPS) is 15.6. The molecule has 0 aromatic carbocycles. The standard InChI is InChI=1S/C11H14N2O2/c1-13(9-5-6-9)7-8-3-2-4-10(12-8)11(14)15/h2-4,9H,5-7H2,1H3,(H,14,15). The van der Waals surface area contributed by atoms with Crippen molar-refractivity contribution in [3.63, 3.8) is 0 Å². The number of carbonyl (C=O) groups is 1. The first-order valence-corrected chi connectivity index (χ1v) is 5.06. The smallest absolute Gasteiger partial charge is 0.354 e. The fraction of sp³-hybridized carbons (Fsp3) is 0.455. The summed E-state index contributed by atoms with van der Waals surface area (Å²) >= 11 is 0. The number of hydrogen-bond acceptors (Lipinski definition) is 3. The second-order valence-corrected chi connectivity index (χ2v) is 3.97. The molecule has 4 nitrogen and oxygen atoms in total. The third-order valence-corrected chi connectivity index (χ3v) is 2.61. The molecule has 0 radical (unpaired) electrons. The van der Waals surface area contributed by atoms with Gasteiger partial charge in [-0.2, -0.15) is 0 Å². The maximum Gasteiger partial charge on any atom is 0.354 e. The average molecular weight is 206 g/mol. The van der Waals surface area contributed by atoms with Crippen molar-refractivity contribution in [1.82, 2.24) is 9.88 Å². The summed E-state index contributed by atoms with van der Waals surface area (Å²) < 4.78 is 0. The van der Waals surface area contributed by atoms with Crippen molar-refractivity contribution in [2.24, 2.45) is 0 Å². The summed E-state index contributed by atoms with van der Waals surface area (Å²) in [4.78, 5) is 17.0. The minimum atomic E-state index is -0.967. The molecule has 0 aliphatic heterocycles. The van der Waals surface area contributed by atoms with Gasteiger partial charge in [0.2, 0.25) is 0 Å². The number of pyridine rings is 1. The predicted octanol–water partition coefficient (Wildman–Crippen LogP) is 1.37. The number of rotatable bonds is 4. The Morgan fingerprint density at radius 3 is 2.93 bits per heavy atom. The summed E-state index contributed by atoms with van der Waals surface area (Å²) in [5, 5.41) is 8.79. The lowest BCUT2D eigenvalue weighted by atomic mass is 10.3. The van der Waals surface area contributed by atoms with Crippen LogP contribution in [0.25, 0.3) is 0 Å². The van der Waals surface area contributed by atoms with Crippen molar-refractivity contribution < 1.29 is 9.90 Å². The molecule has 2 rings (SSSR count). The van der Waals surface area contributed by atoms with Gasteiger partial charge in [-0.05, 0) is 32.0 Å². The van der Waals surface area contributed by atoms with Gasteiger partial charge in [-0.25, -0.2) is 9.78 Å². The van der Waals surface area contributed by atoms with E-state index in [1.165, 1.54) is 18.9 Å². The van der Waals surface area contributed by atoms with Crippen LogP contribution in [0.1, 0.15) is 29.0 Å². The summed E-state index contributed by atoms with van der Waals surface area (Å²) in [5.74, 6) is -0.967. The Balaban J connectivity index is 2.07. The summed E-state index contributed by atoms with van der Waals surface area (Å²) in [6.45, 7) is 0.728. The van der Waals surface area contributed by atoms with Gasteiger partial charge in [0.25, 0.3) is 0 Å². The largest absolute Gasteiger partial charge is 0.477 e. The van der Waals surface area contributed by atoms with Crippen LogP contribution in [-0.2, 0) is 6.54 Å². The van der Waals surface area contributed by atoms with Crippen molar-refractivity contribution >= 4 is 5.97 Å².